The highest BCUT2D eigenvalue weighted by molar-refractivity contribution is 4.87. The zero-order valence-electron chi connectivity index (χ0n) is 15.5. The molecule has 0 aliphatic heterocycles. The maximum atomic E-state index is 6.13. The van der Waals surface area contributed by atoms with Crippen LogP contribution in [0.1, 0.15) is 73.1 Å². The molecule has 0 aliphatic rings. The Hall–Kier alpha value is -0.120. The van der Waals surface area contributed by atoms with Gasteiger partial charge in [-0.05, 0) is 52.5 Å². The van der Waals surface area contributed by atoms with E-state index in [1.54, 1.807) is 0 Å². The standard InChI is InChI=1S/C18H41N3/c1-6-10-11-12-14-18(5,17-19)21(9-4)16-13-15-20(7-2)8-3/h6-17,19H2,1-5H3. The van der Waals surface area contributed by atoms with Crippen molar-refractivity contribution in [2.45, 2.75) is 78.7 Å². The number of unbranched alkanes of at least 4 members (excludes halogenated alkanes) is 3. The summed E-state index contributed by atoms with van der Waals surface area (Å²) in [5.41, 5.74) is 6.32. The summed E-state index contributed by atoms with van der Waals surface area (Å²) in [6, 6.07) is 0. The Morgan fingerprint density at radius 2 is 1.48 bits per heavy atom. The van der Waals surface area contributed by atoms with Crippen molar-refractivity contribution in [3.8, 4) is 0 Å². The average Bonchev–Trinajstić information content (AvgIpc) is 2.51. The third kappa shape index (κ3) is 8.18. The van der Waals surface area contributed by atoms with Crippen molar-refractivity contribution in [1.29, 1.82) is 0 Å². The van der Waals surface area contributed by atoms with Crippen LogP contribution in [-0.2, 0) is 0 Å². The monoisotopic (exact) mass is 299 g/mol. The summed E-state index contributed by atoms with van der Waals surface area (Å²) in [7, 11) is 0. The molecule has 21 heavy (non-hydrogen) atoms. The lowest BCUT2D eigenvalue weighted by molar-refractivity contribution is 0.0985. The minimum Gasteiger partial charge on any atom is -0.329 e. The van der Waals surface area contributed by atoms with Crippen LogP contribution in [0.4, 0.5) is 0 Å². The molecule has 128 valence electrons. The van der Waals surface area contributed by atoms with Crippen LogP contribution in [0.3, 0.4) is 0 Å². The van der Waals surface area contributed by atoms with Crippen LogP contribution in [0.15, 0.2) is 0 Å². The third-order valence-corrected chi connectivity index (χ3v) is 4.95. The second-order valence-electron chi connectivity index (χ2n) is 6.47. The fraction of sp³-hybridized carbons (Fsp3) is 1.00. The number of nitrogens with zero attached hydrogens (tertiary/aromatic N) is 2. The molecule has 0 aliphatic carbocycles. The summed E-state index contributed by atoms with van der Waals surface area (Å²) in [6.07, 6.45) is 7.81. The van der Waals surface area contributed by atoms with Crippen molar-refractivity contribution in [2.75, 3.05) is 39.3 Å². The van der Waals surface area contributed by atoms with Gasteiger partial charge < -0.3 is 10.6 Å². The molecule has 0 heterocycles. The summed E-state index contributed by atoms with van der Waals surface area (Å²) in [4.78, 5) is 5.12. The highest BCUT2D eigenvalue weighted by atomic mass is 15.2. The lowest BCUT2D eigenvalue weighted by Crippen LogP contribution is -2.52. The van der Waals surface area contributed by atoms with E-state index in [0.29, 0.717) is 0 Å². The molecule has 0 rings (SSSR count). The van der Waals surface area contributed by atoms with Crippen LogP contribution in [0.2, 0.25) is 0 Å². The quantitative estimate of drug-likeness (QED) is 0.496. The Balaban J connectivity index is 4.28. The van der Waals surface area contributed by atoms with E-state index in [4.69, 9.17) is 5.73 Å². The van der Waals surface area contributed by atoms with E-state index in [1.165, 1.54) is 51.6 Å². The predicted octanol–water partition coefficient (Wildman–Crippen LogP) is 3.73. The van der Waals surface area contributed by atoms with E-state index >= 15 is 0 Å². The molecule has 0 aromatic carbocycles. The molecule has 0 amide bonds. The van der Waals surface area contributed by atoms with Crippen molar-refractivity contribution in [3.05, 3.63) is 0 Å². The molecule has 0 fully saturated rings. The Kier molecular flexibility index (Phi) is 12.4. The number of hydrogen-bond acceptors (Lipinski definition) is 3. The van der Waals surface area contributed by atoms with Gasteiger partial charge in [0.15, 0.2) is 0 Å². The molecule has 3 nitrogen and oxygen atoms in total. The molecule has 0 bridgehead atoms. The van der Waals surface area contributed by atoms with Crippen molar-refractivity contribution in [2.24, 2.45) is 5.73 Å². The van der Waals surface area contributed by atoms with Gasteiger partial charge in [0.2, 0.25) is 0 Å². The van der Waals surface area contributed by atoms with E-state index in [2.05, 4.69) is 44.4 Å². The average molecular weight is 300 g/mol. The molecule has 0 aromatic rings. The summed E-state index contributed by atoms with van der Waals surface area (Å²) >= 11 is 0. The second kappa shape index (κ2) is 12.4. The minimum atomic E-state index is 0.186. The predicted molar refractivity (Wildman–Crippen MR) is 95.9 cm³/mol. The topological polar surface area (TPSA) is 32.5 Å². The van der Waals surface area contributed by atoms with Gasteiger partial charge in [0.05, 0.1) is 0 Å². The minimum absolute atomic E-state index is 0.186. The van der Waals surface area contributed by atoms with Crippen molar-refractivity contribution < 1.29 is 0 Å². The van der Waals surface area contributed by atoms with Gasteiger partial charge in [-0.2, -0.15) is 0 Å². The maximum Gasteiger partial charge on any atom is 0.0303 e. The smallest absolute Gasteiger partial charge is 0.0303 e. The van der Waals surface area contributed by atoms with E-state index in [1.807, 2.05) is 0 Å². The Morgan fingerprint density at radius 1 is 0.810 bits per heavy atom. The zero-order valence-corrected chi connectivity index (χ0v) is 15.5. The molecule has 1 atom stereocenters. The van der Waals surface area contributed by atoms with Gasteiger partial charge in [-0.3, -0.25) is 4.90 Å². The first-order valence-corrected chi connectivity index (χ1v) is 9.25. The van der Waals surface area contributed by atoms with E-state index in [0.717, 1.165) is 26.2 Å². The molecule has 0 spiro atoms. The SMILES string of the molecule is CCCCCCC(C)(CN)N(CC)CCCN(CC)CC. The lowest BCUT2D eigenvalue weighted by Gasteiger charge is -2.41. The summed E-state index contributed by atoms with van der Waals surface area (Å²) < 4.78 is 0. The first kappa shape index (κ1) is 20.9. The molecule has 0 saturated heterocycles. The third-order valence-electron chi connectivity index (χ3n) is 4.95. The first-order valence-electron chi connectivity index (χ1n) is 9.25. The number of likely N-dealkylation sites (N-methyl/N-ethyl adjacent to an activating group) is 1. The second-order valence-corrected chi connectivity index (χ2v) is 6.47. The van der Waals surface area contributed by atoms with Gasteiger partial charge in [0.25, 0.3) is 0 Å². The molecule has 2 N–H and O–H groups in total. The van der Waals surface area contributed by atoms with Crippen molar-refractivity contribution in [1.82, 2.24) is 9.80 Å². The van der Waals surface area contributed by atoms with Crippen LogP contribution in [0, 0.1) is 0 Å². The molecule has 0 saturated carbocycles. The fourth-order valence-electron chi connectivity index (χ4n) is 3.16. The van der Waals surface area contributed by atoms with Gasteiger partial charge in [0, 0.05) is 12.1 Å². The number of hydrogen-bond donors (Lipinski definition) is 1. The number of rotatable bonds is 14. The number of nitrogens with two attached hydrogens (primary N) is 1. The first-order chi connectivity index (χ1) is 10.1. The summed E-state index contributed by atoms with van der Waals surface area (Å²) in [5.74, 6) is 0. The Bertz CT molecular complexity index is 229. The molecule has 1 unspecified atom stereocenters. The van der Waals surface area contributed by atoms with E-state index in [-0.39, 0.29) is 5.54 Å². The van der Waals surface area contributed by atoms with Crippen LogP contribution in [-0.4, -0.2) is 54.6 Å². The van der Waals surface area contributed by atoms with Crippen LogP contribution in [0.5, 0.6) is 0 Å². The van der Waals surface area contributed by atoms with Crippen molar-refractivity contribution >= 4 is 0 Å². The molecule has 0 radical (unpaired) electrons. The summed E-state index contributed by atoms with van der Waals surface area (Å²) in [6.45, 7) is 18.0. The highest BCUT2D eigenvalue weighted by Crippen LogP contribution is 2.22. The highest BCUT2D eigenvalue weighted by Gasteiger charge is 2.28. The Morgan fingerprint density at radius 3 is 1.95 bits per heavy atom. The molecule has 0 aromatic heterocycles. The van der Waals surface area contributed by atoms with Gasteiger partial charge >= 0.3 is 0 Å². The van der Waals surface area contributed by atoms with Gasteiger partial charge in [0.1, 0.15) is 0 Å². The lowest BCUT2D eigenvalue weighted by atomic mass is 9.91. The van der Waals surface area contributed by atoms with Crippen LogP contribution < -0.4 is 5.73 Å². The van der Waals surface area contributed by atoms with Gasteiger partial charge in [-0.15, -0.1) is 0 Å². The van der Waals surface area contributed by atoms with Crippen LogP contribution in [0.25, 0.3) is 0 Å². The largest absolute Gasteiger partial charge is 0.329 e. The van der Waals surface area contributed by atoms with E-state index in [9.17, 15) is 0 Å². The van der Waals surface area contributed by atoms with Gasteiger partial charge in [-0.25, -0.2) is 0 Å². The molecule has 3 heteroatoms. The Labute approximate surface area is 134 Å². The zero-order chi connectivity index (χ0) is 16.1. The molecular formula is C18H41N3. The van der Waals surface area contributed by atoms with Crippen LogP contribution >= 0.6 is 0 Å². The normalized spacial score (nSPS) is 14.9. The molecular weight excluding hydrogens is 258 g/mol. The maximum absolute atomic E-state index is 6.13. The van der Waals surface area contributed by atoms with Gasteiger partial charge in [-0.1, -0.05) is 53.4 Å². The summed E-state index contributed by atoms with van der Waals surface area (Å²) in [5, 5.41) is 0. The van der Waals surface area contributed by atoms with Crippen molar-refractivity contribution in [3.63, 3.8) is 0 Å². The fourth-order valence-corrected chi connectivity index (χ4v) is 3.16. The van der Waals surface area contributed by atoms with E-state index < -0.39 is 0 Å².